The summed E-state index contributed by atoms with van der Waals surface area (Å²) in [4.78, 5) is 26.7. The van der Waals surface area contributed by atoms with Gasteiger partial charge in [-0.1, -0.05) is 36.8 Å². The van der Waals surface area contributed by atoms with Crippen LogP contribution < -0.4 is 10.9 Å². The molecule has 3 heterocycles. The van der Waals surface area contributed by atoms with Gasteiger partial charge < -0.3 is 14.3 Å². The quantitative estimate of drug-likeness (QED) is 0.654. The van der Waals surface area contributed by atoms with E-state index >= 15 is 0 Å². The molecule has 1 fully saturated rings. The summed E-state index contributed by atoms with van der Waals surface area (Å²) in [6, 6.07) is 16.7. The molecule has 6 heteroatoms. The predicted octanol–water partition coefficient (Wildman–Crippen LogP) is 3.41. The van der Waals surface area contributed by atoms with E-state index in [9.17, 15) is 9.59 Å². The topological polar surface area (TPSA) is 67.5 Å². The SMILES string of the molecule is O=C(NCc1ccc(CN2CCCCC2)cc1)c1ccc(Cn2ccccc2=O)o1. The standard InChI is InChI=1S/C24H27N3O3/c28-23-6-2-5-15-27(23)18-21-11-12-22(30-21)24(29)25-16-19-7-9-20(10-8-19)17-26-13-3-1-4-14-26/h2,5-12,15H,1,3-4,13-14,16-18H2,(H,25,29). The highest BCUT2D eigenvalue weighted by Crippen LogP contribution is 2.14. The number of rotatable bonds is 7. The van der Waals surface area contributed by atoms with Crippen LogP contribution in [-0.2, 0) is 19.6 Å². The van der Waals surface area contributed by atoms with Gasteiger partial charge in [0.15, 0.2) is 5.76 Å². The summed E-state index contributed by atoms with van der Waals surface area (Å²) in [7, 11) is 0. The highest BCUT2D eigenvalue weighted by atomic mass is 16.4. The summed E-state index contributed by atoms with van der Waals surface area (Å²) in [6.45, 7) is 4.10. The zero-order chi connectivity index (χ0) is 20.8. The molecular weight excluding hydrogens is 378 g/mol. The van der Waals surface area contributed by atoms with Crippen LogP contribution in [0.2, 0.25) is 0 Å². The minimum Gasteiger partial charge on any atom is -0.454 e. The van der Waals surface area contributed by atoms with E-state index in [1.54, 1.807) is 30.5 Å². The molecule has 0 saturated carbocycles. The average Bonchev–Trinajstić information content (AvgIpc) is 3.24. The lowest BCUT2D eigenvalue weighted by Gasteiger charge is -2.26. The highest BCUT2D eigenvalue weighted by Gasteiger charge is 2.12. The van der Waals surface area contributed by atoms with Gasteiger partial charge in [-0.05, 0) is 55.3 Å². The molecule has 6 nitrogen and oxygen atoms in total. The van der Waals surface area contributed by atoms with Crippen LogP contribution in [0.15, 0.2) is 70.0 Å². The van der Waals surface area contributed by atoms with Crippen LogP contribution in [0.5, 0.6) is 0 Å². The van der Waals surface area contributed by atoms with Crippen molar-refractivity contribution in [1.29, 1.82) is 0 Å². The van der Waals surface area contributed by atoms with Gasteiger partial charge in [0.2, 0.25) is 0 Å². The number of nitrogens with one attached hydrogen (secondary N) is 1. The number of furan rings is 1. The molecule has 3 aromatic rings. The molecular formula is C24H27N3O3. The smallest absolute Gasteiger partial charge is 0.287 e. The van der Waals surface area contributed by atoms with Crippen LogP contribution >= 0.6 is 0 Å². The van der Waals surface area contributed by atoms with Crippen molar-refractivity contribution in [3.63, 3.8) is 0 Å². The van der Waals surface area contributed by atoms with Gasteiger partial charge in [0.1, 0.15) is 5.76 Å². The van der Waals surface area contributed by atoms with E-state index in [0.29, 0.717) is 18.8 Å². The Morgan fingerprint density at radius 2 is 1.67 bits per heavy atom. The largest absolute Gasteiger partial charge is 0.454 e. The van der Waals surface area contributed by atoms with Crippen molar-refractivity contribution in [3.8, 4) is 0 Å². The van der Waals surface area contributed by atoms with Crippen molar-refractivity contribution in [2.75, 3.05) is 13.1 Å². The number of hydrogen-bond acceptors (Lipinski definition) is 4. The van der Waals surface area contributed by atoms with E-state index in [1.807, 2.05) is 0 Å². The minimum absolute atomic E-state index is 0.108. The van der Waals surface area contributed by atoms with E-state index < -0.39 is 0 Å². The fourth-order valence-corrected chi connectivity index (χ4v) is 3.75. The van der Waals surface area contributed by atoms with E-state index in [4.69, 9.17) is 4.42 Å². The Morgan fingerprint density at radius 3 is 2.43 bits per heavy atom. The normalized spacial score (nSPS) is 14.5. The molecule has 0 aliphatic carbocycles. The molecule has 0 atom stereocenters. The van der Waals surface area contributed by atoms with Crippen LogP contribution in [0.1, 0.15) is 46.7 Å². The number of aromatic nitrogens is 1. The van der Waals surface area contributed by atoms with Gasteiger partial charge in [-0.15, -0.1) is 0 Å². The first-order chi connectivity index (χ1) is 14.7. The third kappa shape index (κ3) is 5.27. The Hall–Kier alpha value is -3.12. The van der Waals surface area contributed by atoms with Gasteiger partial charge in [-0.2, -0.15) is 0 Å². The molecule has 30 heavy (non-hydrogen) atoms. The Morgan fingerprint density at radius 1 is 0.900 bits per heavy atom. The fraction of sp³-hybridized carbons (Fsp3) is 0.333. The second-order valence-corrected chi connectivity index (χ2v) is 7.77. The molecule has 1 aliphatic heterocycles. The fourth-order valence-electron chi connectivity index (χ4n) is 3.75. The molecule has 1 aliphatic rings. The van der Waals surface area contributed by atoms with Crippen LogP contribution in [0.4, 0.5) is 0 Å². The molecule has 0 bridgehead atoms. The second-order valence-electron chi connectivity index (χ2n) is 7.77. The second kappa shape index (κ2) is 9.59. The van der Waals surface area contributed by atoms with Crippen LogP contribution in [0, 0.1) is 0 Å². The summed E-state index contributed by atoms with van der Waals surface area (Å²) < 4.78 is 7.15. The molecule has 0 spiro atoms. The lowest BCUT2D eigenvalue weighted by Crippen LogP contribution is -2.29. The van der Waals surface area contributed by atoms with Crippen molar-refractivity contribution in [1.82, 2.24) is 14.8 Å². The zero-order valence-corrected chi connectivity index (χ0v) is 17.0. The summed E-state index contributed by atoms with van der Waals surface area (Å²) in [6.07, 6.45) is 5.62. The van der Waals surface area contributed by atoms with Crippen molar-refractivity contribution in [2.45, 2.75) is 38.9 Å². The van der Waals surface area contributed by atoms with Gasteiger partial charge in [-0.25, -0.2) is 0 Å². The number of likely N-dealkylation sites (tertiary alicyclic amines) is 1. The first kappa shape index (κ1) is 20.2. The summed E-state index contributed by atoms with van der Waals surface area (Å²) in [5.74, 6) is 0.547. The number of pyridine rings is 1. The molecule has 0 unspecified atom stereocenters. The molecule has 1 aromatic carbocycles. The molecule has 0 radical (unpaired) electrons. The molecule has 1 saturated heterocycles. The summed E-state index contributed by atoms with van der Waals surface area (Å²) >= 11 is 0. The minimum atomic E-state index is -0.265. The Balaban J connectivity index is 1.29. The first-order valence-electron chi connectivity index (χ1n) is 10.5. The maximum atomic E-state index is 12.4. The maximum absolute atomic E-state index is 12.4. The van der Waals surface area contributed by atoms with E-state index in [0.717, 1.165) is 12.1 Å². The highest BCUT2D eigenvalue weighted by molar-refractivity contribution is 5.91. The molecule has 2 aromatic heterocycles. The average molecular weight is 405 g/mol. The molecule has 1 amide bonds. The van der Waals surface area contributed by atoms with Crippen molar-refractivity contribution in [2.24, 2.45) is 0 Å². The number of nitrogens with zero attached hydrogens (tertiary/aromatic N) is 2. The predicted molar refractivity (Wildman–Crippen MR) is 115 cm³/mol. The van der Waals surface area contributed by atoms with Crippen LogP contribution in [-0.4, -0.2) is 28.5 Å². The lowest BCUT2D eigenvalue weighted by atomic mass is 10.1. The monoisotopic (exact) mass is 405 g/mol. The Labute approximate surface area is 176 Å². The van der Waals surface area contributed by atoms with E-state index in [-0.39, 0.29) is 17.2 Å². The number of amides is 1. The van der Waals surface area contributed by atoms with Gasteiger partial charge in [0.05, 0.1) is 6.54 Å². The Kier molecular flexibility index (Phi) is 6.44. The van der Waals surface area contributed by atoms with Gasteiger partial charge in [0, 0.05) is 25.4 Å². The molecule has 1 N–H and O–H groups in total. The van der Waals surface area contributed by atoms with Crippen molar-refractivity contribution < 1.29 is 9.21 Å². The van der Waals surface area contributed by atoms with Crippen LogP contribution in [0.25, 0.3) is 0 Å². The van der Waals surface area contributed by atoms with Crippen molar-refractivity contribution in [3.05, 3.63) is 93.8 Å². The number of carbonyl (C=O) groups excluding carboxylic acids is 1. The number of hydrogen-bond donors (Lipinski definition) is 1. The third-order valence-corrected chi connectivity index (χ3v) is 5.44. The summed E-state index contributed by atoms with van der Waals surface area (Å²) in [5.41, 5.74) is 2.25. The number of benzene rings is 1. The van der Waals surface area contributed by atoms with Gasteiger partial charge in [0.25, 0.3) is 11.5 Å². The van der Waals surface area contributed by atoms with Gasteiger partial charge >= 0.3 is 0 Å². The number of piperidine rings is 1. The summed E-state index contributed by atoms with van der Waals surface area (Å²) in [5, 5.41) is 2.89. The number of carbonyl (C=O) groups is 1. The molecule has 4 rings (SSSR count). The maximum Gasteiger partial charge on any atom is 0.287 e. The third-order valence-electron chi connectivity index (χ3n) is 5.44. The molecule has 156 valence electrons. The van der Waals surface area contributed by atoms with Crippen LogP contribution in [0.3, 0.4) is 0 Å². The van der Waals surface area contributed by atoms with E-state index in [2.05, 4.69) is 34.5 Å². The Bertz CT molecular complexity index is 1030. The van der Waals surface area contributed by atoms with Crippen molar-refractivity contribution >= 4 is 5.91 Å². The lowest BCUT2D eigenvalue weighted by molar-refractivity contribution is 0.0921. The van der Waals surface area contributed by atoms with Gasteiger partial charge in [-0.3, -0.25) is 14.5 Å². The first-order valence-corrected chi connectivity index (χ1v) is 10.5. The van der Waals surface area contributed by atoms with E-state index in [1.165, 1.54) is 48.5 Å². The zero-order valence-electron chi connectivity index (χ0n) is 17.0.